The molecule has 19 heavy (non-hydrogen) atoms. The number of hydrogen-bond acceptors (Lipinski definition) is 4. The van der Waals surface area contributed by atoms with Gasteiger partial charge in [-0.05, 0) is 18.1 Å². The minimum Gasteiger partial charge on any atom is -0.481 e. The van der Waals surface area contributed by atoms with Crippen LogP contribution in [0.25, 0.3) is 0 Å². The number of rotatable bonds is 7. The summed E-state index contributed by atoms with van der Waals surface area (Å²) in [7, 11) is 1.55. The molecule has 1 unspecified atom stereocenters. The molecular formula is C13H19N3O2S. The van der Waals surface area contributed by atoms with Crippen LogP contribution in [0, 0.1) is 5.92 Å². The van der Waals surface area contributed by atoms with Gasteiger partial charge in [0.05, 0.1) is 18.0 Å². The molecule has 1 atom stereocenters. The maximum Gasteiger partial charge on any atom is 0.230 e. The quantitative estimate of drug-likeness (QED) is 0.739. The summed E-state index contributed by atoms with van der Waals surface area (Å²) < 4.78 is 5.02. The summed E-state index contributed by atoms with van der Waals surface area (Å²) in [6.07, 6.45) is 3.16. The second-order valence-corrected chi connectivity index (χ2v) is 4.64. The van der Waals surface area contributed by atoms with E-state index in [0.717, 1.165) is 12.0 Å². The molecule has 104 valence electrons. The summed E-state index contributed by atoms with van der Waals surface area (Å²) in [4.78, 5) is 16.2. The van der Waals surface area contributed by atoms with E-state index in [2.05, 4.69) is 10.3 Å². The molecule has 1 heterocycles. The molecule has 0 aliphatic carbocycles. The van der Waals surface area contributed by atoms with Crippen LogP contribution in [0.2, 0.25) is 0 Å². The van der Waals surface area contributed by atoms with Gasteiger partial charge in [-0.2, -0.15) is 0 Å². The first-order chi connectivity index (χ1) is 9.08. The fourth-order valence-electron chi connectivity index (χ4n) is 1.68. The molecular weight excluding hydrogens is 262 g/mol. The molecule has 6 heteroatoms. The maximum atomic E-state index is 12.0. The van der Waals surface area contributed by atoms with Crippen molar-refractivity contribution in [2.24, 2.45) is 11.7 Å². The number of nitrogens with one attached hydrogen (secondary N) is 1. The van der Waals surface area contributed by atoms with E-state index in [9.17, 15) is 4.79 Å². The predicted octanol–water partition coefficient (Wildman–Crippen LogP) is 1.41. The van der Waals surface area contributed by atoms with Gasteiger partial charge in [-0.15, -0.1) is 0 Å². The lowest BCUT2D eigenvalue weighted by Gasteiger charge is -2.14. The Bertz CT molecular complexity index is 451. The molecule has 3 N–H and O–H groups in total. The Morgan fingerprint density at radius 3 is 2.95 bits per heavy atom. The smallest absolute Gasteiger partial charge is 0.230 e. The van der Waals surface area contributed by atoms with Crippen LogP contribution in [0.4, 0.5) is 0 Å². The molecule has 0 saturated carbocycles. The number of amides is 1. The number of ether oxygens (including phenoxy) is 1. The van der Waals surface area contributed by atoms with E-state index in [-0.39, 0.29) is 10.9 Å². The van der Waals surface area contributed by atoms with Crippen molar-refractivity contribution in [3.05, 3.63) is 23.9 Å². The highest BCUT2D eigenvalue weighted by atomic mass is 32.1. The van der Waals surface area contributed by atoms with Crippen LogP contribution in [0.15, 0.2) is 18.3 Å². The molecule has 0 saturated heterocycles. The summed E-state index contributed by atoms with van der Waals surface area (Å²) in [6.45, 7) is 2.40. The Balaban J connectivity index is 2.59. The van der Waals surface area contributed by atoms with Gasteiger partial charge < -0.3 is 15.8 Å². The van der Waals surface area contributed by atoms with Crippen molar-refractivity contribution in [3.63, 3.8) is 0 Å². The molecule has 0 bridgehead atoms. The predicted molar refractivity (Wildman–Crippen MR) is 77.8 cm³/mol. The van der Waals surface area contributed by atoms with E-state index in [0.29, 0.717) is 18.8 Å². The molecule has 0 aliphatic heterocycles. The van der Waals surface area contributed by atoms with Gasteiger partial charge in [0.2, 0.25) is 11.8 Å². The molecule has 1 aromatic heterocycles. The number of carbonyl (C=O) groups excluding carboxylic acids is 1. The summed E-state index contributed by atoms with van der Waals surface area (Å²) in [5.74, 6) is -0.0138. The molecule has 0 radical (unpaired) electrons. The largest absolute Gasteiger partial charge is 0.481 e. The summed E-state index contributed by atoms with van der Waals surface area (Å²) >= 11 is 4.92. The monoisotopic (exact) mass is 281 g/mol. The average Bonchev–Trinajstić information content (AvgIpc) is 2.42. The molecule has 5 nitrogen and oxygen atoms in total. The van der Waals surface area contributed by atoms with E-state index in [1.807, 2.05) is 13.0 Å². The molecule has 1 aromatic rings. The number of methoxy groups -OCH3 is 1. The van der Waals surface area contributed by atoms with Gasteiger partial charge in [-0.1, -0.05) is 25.6 Å². The highest BCUT2D eigenvalue weighted by Gasteiger charge is 2.19. The molecule has 0 fully saturated rings. The highest BCUT2D eigenvalue weighted by molar-refractivity contribution is 7.80. The van der Waals surface area contributed by atoms with Crippen molar-refractivity contribution in [2.45, 2.75) is 26.3 Å². The summed E-state index contributed by atoms with van der Waals surface area (Å²) in [6, 6.07) is 3.59. The van der Waals surface area contributed by atoms with Crippen molar-refractivity contribution >= 4 is 23.1 Å². The van der Waals surface area contributed by atoms with Crippen LogP contribution in [0.3, 0.4) is 0 Å². The zero-order chi connectivity index (χ0) is 14.3. The lowest BCUT2D eigenvalue weighted by molar-refractivity contribution is -0.123. The number of aromatic nitrogens is 1. The van der Waals surface area contributed by atoms with Crippen molar-refractivity contribution in [1.82, 2.24) is 10.3 Å². The Kier molecular flexibility index (Phi) is 6.21. The topological polar surface area (TPSA) is 77.2 Å². The van der Waals surface area contributed by atoms with E-state index in [1.54, 1.807) is 19.4 Å². The second kappa shape index (κ2) is 7.68. The van der Waals surface area contributed by atoms with Gasteiger partial charge in [0, 0.05) is 18.8 Å². The van der Waals surface area contributed by atoms with Gasteiger partial charge in [0.15, 0.2) is 0 Å². The average molecular weight is 281 g/mol. The standard InChI is InChI=1S/C13H19N3O2S/c1-3-4-10(12(14)19)13(17)16-8-9-5-6-15-11(7-9)18-2/h5-7,10H,3-4,8H2,1-2H3,(H2,14,19)(H,16,17). The van der Waals surface area contributed by atoms with Crippen LogP contribution in [0.5, 0.6) is 5.88 Å². The minimum absolute atomic E-state index is 0.134. The molecule has 0 spiro atoms. The number of pyridine rings is 1. The zero-order valence-electron chi connectivity index (χ0n) is 11.2. The van der Waals surface area contributed by atoms with Crippen molar-refractivity contribution in [2.75, 3.05) is 7.11 Å². The third-order valence-electron chi connectivity index (χ3n) is 2.71. The van der Waals surface area contributed by atoms with Gasteiger partial charge in [-0.25, -0.2) is 4.98 Å². The van der Waals surface area contributed by atoms with Gasteiger partial charge >= 0.3 is 0 Å². The van der Waals surface area contributed by atoms with Crippen LogP contribution < -0.4 is 15.8 Å². The summed E-state index contributed by atoms with van der Waals surface area (Å²) in [5, 5.41) is 2.83. The number of hydrogen-bond donors (Lipinski definition) is 2. The van der Waals surface area contributed by atoms with Crippen LogP contribution in [-0.4, -0.2) is 23.0 Å². The van der Waals surface area contributed by atoms with Gasteiger partial charge in [0.1, 0.15) is 0 Å². The summed E-state index contributed by atoms with van der Waals surface area (Å²) in [5.41, 5.74) is 6.49. The Hall–Kier alpha value is -1.69. The number of nitrogens with zero attached hydrogens (tertiary/aromatic N) is 1. The first-order valence-electron chi connectivity index (χ1n) is 6.14. The van der Waals surface area contributed by atoms with E-state index in [4.69, 9.17) is 22.7 Å². The Morgan fingerprint density at radius 2 is 2.37 bits per heavy atom. The highest BCUT2D eigenvalue weighted by Crippen LogP contribution is 2.10. The van der Waals surface area contributed by atoms with E-state index >= 15 is 0 Å². The molecule has 0 aliphatic rings. The Morgan fingerprint density at radius 1 is 1.63 bits per heavy atom. The second-order valence-electron chi connectivity index (χ2n) is 4.17. The number of nitrogens with two attached hydrogens (primary N) is 1. The fourth-order valence-corrected chi connectivity index (χ4v) is 1.90. The molecule has 1 rings (SSSR count). The van der Waals surface area contributed by atoms with Crippen molar-refractivity contribution < 1.29 is 9.53 Å². The maximum absolute atomic E-state index is 12.0. The van der Waals surface area contributed by atoms with Gasteiger partial charge in [-0.3, -0.25) is 4.79 Å². The minimum atomic E-state index is -0.399. The van der Waals surface area contributed by atoms with Crippen molar-refractivity contribution in [1.29, 1.82) is 0 Å². The van der Waals surface area contributed by atoms with E-state index < -0.39 is 5.92 Å². The van der Waals surface area contributed by atoms with Crippen LogP contribution >= 0.6 is 12.2 Å². The first kappa shape index (κ1) is 15.4. The third kappa shape index (κ3) is 4.82. The van der Waals surface area contributed by atoms with Crippen molar-refractivity contribution in [3.8, 4) is 5.88 Å². The zero-order valence-corrected chi connectivity index (χ0v) is 12.0. The van der Waals surface area contributed by atoms with E-state index in [1.165, 1.54) is 0 Å². The lowest BCUT2D eigenvalue weighted by atomic mass is 10.0. The Labute approximate surface area is 118 Å². The van der Waals surface area contributed by atoms with Crippen LogP contribution in [0.1, 0.15) is 25.3 Å². The molecule has 0 aromatic carbocycles. The number of thiocarbonyl (C=S) groups is 1. The molecule has 1 amide bonds. The van der Waals surface area contributed by atoms with Crippen LogP contribution in [-0.2, 0) is 11.3 Å². The van der Waals surface area contributed by atoms with Gasteiger partial charge in [0.25, 0.3) is 0 Å². The third-order valence-corrected chi connectivity index (χ3v) is 3.00. The lowest BCUT2D eigenvalue weighted by Crippen LogP contribution is -2.37. The fraction of sp³-hybridized carbons (Fsp3) is 0.462. The SMILES string of the molecule is CCCC(C(=O)NCc1ccnc(OC)c1)C(N)=S. The number of carbonyl (C=O) groups is 1. The first-order valence-corrected chi connectivity index (χ1v) is 6.55. The normalized spacial score (nSPS) is 11.7.